The molecule has 0 aliphatic carbocycles. The van der Waals surface area contributed by atoms with Crippen molar-refractivity contribution in [3.8, 4) is 5.75 Å². The lowest BCUT2D eigenvalue weighted by Crippen LogP contribution is -2.55. The molecule has 0 radical (unpaired) electrons. The predicted octanol–water partition coefficient (Wildman–Crippen LogP) is 1.58. The highest BCUT2D eigenvalue weighted by Crippen LogP contribution is 2.24. The van der Waals surface area contributed by atoms with Gasteiger partial charge in [-0.1, -0.05) is 18.2 Å². The summed E-state index contributed by atoms with van der Waals surface area (Å²) in [5.41, 5.74) is -1.17. The third-order valence-electron chi connectivity index (χ3n) is 5.84. The number of benzene rings is 1. The fourth-order valence-electron chi connectivity index (χ4n) is 4.23. The van der Waals surface area contributed by atoms with E-state index in [1.807, 2.05) is 30.3 Å². The van der Waals surface area contributed by atoms with Crippen LogP contribution in [0.25, 0.3) is 0 Å². The Morgan fingerprint density at radius 2 is 1.77 bits per heavy atom. The summed E-state index contributed by atoms with van der Waals surface area (Å²) in [5.74, 6) is 0.644. The Morgan fingerprint density at radius 1 is 1.07 bits per heavy atom. The molecular weight excluding hydrogens is 386 g/mol. The van der Waals surface area contributed by atoms with Gasteiger partial charge in [-0.3, -0.25) is 9.69 Å². The van der Waals surface area contributed by atoms with Crippen LogP contribution in [0, 0.1) is 0 Å². The third-order valence-corrected chi connectivity index (χ3v) is 5.84. The summed E-state index contributed by atoms with van der Waals surface area (Å²) in [6.45, 7) is 7.02. The molecule has 0 spiro atoms. The van der Waals surface area contributed by atoms with Crippen LogP contribution in [0.1, 0.15) is 26.7 Å². The van der Waals surface area contributed by atoms with E-state index in [4.69, 9.17) is 9.47 Å². The fraction of sp³-hybridized carbons (Fsp3) is 0.636. The summed E-state index contributed by atoms with van der Waals surface area (Å²) in [7, 11) is 0. The van der Waals surface area contributed by atoms with Gasteiger partial charge < -0.3 is 24.4 Å². The van der Waals surface area contributed by atoms with E-state index in [2.05, 4.69) is 4.90 Å². The Morgan fingerprint density at radius 3 is 2.40 bits per heavy atom. The zero-order chi connectivity index (χ0) is 21.6. The molecule has 2 aliphatic heterocycles. The van der Waals surface area contributed by atoms with E-state index < -0.39 is 5.60 Å². The summed E-state index contributed by atoms with van der Waals surface area (Å²) in [4.78, 5) is 29.7. The maximum atomic E-state index is 12.1. The monoisotopic (exact) mass is 419 g/mol. The molecule has 1 atom stereocenters. The van der Waals surface area contributed by atoms with Crippen LogP contribution in [-0.4, -0.2) is 95.9 Å². The van der Waals surface area contributed by atoms with Gasteiger partial charge in [0.05, 0.1) is 13.2 Å². The highest BCUT2D eigenvalue weighted by Gasteiger charge is 2.39. The van der Waals surface area contributed by atoms with Gasteiger partial charge in [0.15, 0.2) is 0 Å². The minimum absolute atomic E-state index is 0.0490. The van der Waals surface area contributed by atoms with Crippen LogP contribution in [0.15, 0.2) is 30.3 Å². The van der Waals surface area contributed by atoms with Crippen LogP contribution in [0.5, 0.6) is 5.75 Å². The van der Waals surface area contributed by atoms with Gasteiger partial charge in [0, 0.05) is 45.7 Å². The number of piperidine rings is 1. The van der Waals surface area contributed by atoms with Crippen molar-refractivity contribution in [3.05, 3.63) is 30.3 Å². The van der Waals surface area contributed by atoms with Crippen LogP contribution in [0.4, 0.5) is 4.79 Å². The van der Waals surface area contributed by atoms with Gasteiger partial charge >= 0.3 is 6.09 Å². The minimum atomic E-state index is -1.17. The second kappa shape index (κ2) is 10.1. The first kappa shape index (κ1) is 22.4. The molecule has 2 fully saturated rings. The molecule has 8 nitrogen and oxygen atoms in total. The number of aliphatic hydroxyl groups is 1. The number of hydrogen-bond acceptors (Lipinski definition) is 6. The Kier molecular flexibility index (Phi) is 7.55. The Balaban J connectivity index is 1.65. The molecule has 2 aliphatic rings. The van der Waals surface area contributed by atoms with Crippen molar-refractivity contribution in [1.82, 2.24) is 14.7 Å². The molecule has 166 valence electrons. The topological polar surface area (TPSA) is 82.6 Å². The number of likely N-dealkylation sites (tertiary alicyclic amines) is 1. The standard InChI is InChI=1S/C22H33N3O5/c1-3-29-21(27)23-11-9-19(10-12-23)25-14-13-24(18(2)26)15-22(28,16-25)17-30-20-7-5-4-6-8-20/h4-8,19,28H,3,9-17H2,1-2H3. The number of ether oxygens (including phenoxy) is 2. The number of para-hydroxylation sites is 1. The molecule has 1 aromatic rings. The molecule has 2 heterocycles. The van der Waals surface area contributed by atoms with Gasteiger partial charge in [0.1, 0.15) is 18.0 Å². The Hall–Kier alpha value is -2.32. The summed E-state index contributed by atoms with van der Waals surface area (Å²) in [6.07, 6.45) is 1.37. The minimum Gasteiger partial charge on any atom is -0.490 e. The zero-order valence-electron chi connectivity index (χ0n) is 18.0. The first-order valence-corrected chi connectivity index (χ1v) is 10.7. The van der Waals surface area contributed by atoms with Gasteiger partial charge in [-0.15, -0.1) is 0 Å². The van der Waals surface area contributed by atoms with Crippen molar-refractivity contribution >= 4 is 12.0 Å². The lowest BCUT2D eigenvalue weighted by atomic mass is 9.99. The van der Waals surface area contributed by atoms with Crippen LogP contribution in [-0.2, 0) is 9.53 Å². The highest BCUT2D eigenvalue weighted by atomic mass is 16.6. The summed E-state index contributed by atoms with van der Waals surface area (Å²) >= 11 is 0. The zero-order valence-corrected chi connectivity index (χ0v) is 18.0. The van der Waals surface area contributed by atoms with Crippen molar-refractivity contribution in [1.29, 1.82) is 0 Å². The van der Waals surface area contributed by atoms with Gasteiger partial charge in [-0.2, -0.15) is 0 Å². The lowest BCUT2D eigenvalue weighted by Gasteiger charge is -2.40. The molecule has 8 heteroatoms. The average molecular weight is 420 g/mol. The van der Waals surface area contributed by atoms with Crippen molar-refractivity contribution in [2.75, 3.05) is 52.5 Å². The molecule has 0 saturated carbocycles. The number of amides is 2. The van der Waals surface area contributed by atoms with E-state index in [0.29, 0.717) is 45.1 Å². The first-order valence-electron chi connectivity index (χ1n) is 10.7. The highest BCUT2D eigenvalue weighted by molar-refractivity contribution is 5.73. The van der Waals surface area contributed by atoms with Crippen LogP contribution in [0.2, 0.25) is 0 Å². The SMILES string of the molecule is CCOC(=O)N1CCC(N2CCN(C(C)=O)CC(O)(COc3ccccc3)C2)CC1. The third kappa shape index (κ3) is 5.86. The van der Waals surface area contributed by atoms with E-state index in [1.54, 1.807) is 16.7 Å². The molecule has 3 rings (SSSR count). The quantitative estimate of drug-likeness (QED) is 0.780. The molecule has 1 N–H and O–H groups in total. The van der Waals surface area contributed by atoms with Crippen molar-refractivity contribution in [2.45, 2.75) is 38.3 Å². The molecule has 0 aromatic heterocycles. The molecular formula is C22H33N3O5. The maximum Gasteiger partial charge on any atom is 0.409 e. The molecule has 0 bridgehead atoms. The number of rotatable bonds is 5. The number of hydrogen-bond donors (Lipinski definition) is 1. The molecule has 30 heavy (non-hydrogen) atoms. The van der Waals surface area contributed by atoms with Gasteiger partial charge in [0.25, 0.3) is 0 Å². The van der Waals surface area contributed by atoms with Gasteiger partial charge in [-0.25, -0.2) is 4.79 Å². The fourth-order valence-corrected chi connectivity index (χ4v) is 4.23. The smallest absolute Gasteiger partial charge is 0.409 e. The largest absolute Gasteiger partial charge is 0.490 e. The Bertz CT molecular complexity index is 708. The second-order valence-corrected chi connectivity index (χ2v) is 8.15. The maximum absolute atomic E-state index is 12.1. The first-order chi connectivity index (χ1) is 14.4. The van der Waals surface area contributed by atoms with Crippen LogP contribution < -0.4 is 4.74 Å². The normalized spacial score (nSPS) is 23.7. The number of carbonyl (C=O) groups is 2. The van der Waals surface area contributed by atoms with E-state index >= 15 is 0 Å². The summed E-state index contributed by atoms with van der Waals surface area (Å²) < 4.78 is 11.0. The number of carbonyl (C=O) groups excluding carboxylic acids is 2. The molecule has 2 amide bonds. The van der Waals surface area contributed by atoms with Crippen LogP contribution in [0.3, 0.4) is 0 Å². The van der Waals surface area contributed by atoms with E-state index in [0.717, 1.165) is 12.8 Å². The predicted molar refractivity (Wildman–Crippen MR) is 112 cm³/mol. The van der Waals surface area contributed by atoms with Crippen molar-refractivity contribution in [2.24, 2.45) is 0 Å². The van der Waals surface area contributed by atoms with Gasteiger partial charge in [0.2, 0.25) is 5.91 Å². The molecule has 2 saturated heterocycles. The second-order valence-electron chi connectivity index (χ2n) is 8.15. The van der Waals surface area contributed by atoms with E-state index in [-0.39, 0.29) is 31.2 Å². The van der Waals surface area contributed by atoms with Gasteiger partial charge in [-0.05, 0) is 31.9 Å². The average Bonchev–Trinajstić information content (AvgIpc) is 2.93. The number of β-amino-alcohol motifs (C(OH)–C–C–N with tert-alkyl or cyclic N) is 1. The van der Waals surface area contributed by atoms with E-state index in [9.17, 15) is 14.7 Å². The summed E-state index contributed by atoms with van der Waals surface area (Å²) in [5, 5.41) is 11.4. The molecule has 1 aromatic carbocycles. The number of nitrogens with zero attached hydrogens (tertiary/aromatic N) is 3. The Labute approximate surface area is 178 Å². The van der Waals surface area contributed by atoms with Crippen molar-refractivity contribution in [3.63, 3.8) is 0 Å². The van der Waals surface area contributed by atoms with Crippen molar-refractivity contribution < 1.29 is 24.2 Å². The van der Waals surface area contributed by atoms with Crippen LogP contribution >= 0.6 is 0 Å². The molecule has 1 unspecified atom stereocenters. The summed E-state index contributed by atoms with van der Waals surface area (Å²) in [6, 6.07) is 9.63. The van der Waals surface area contributed by atoms with E-state index in [1.165, 1.54) is 6.92 Å². The lowest BCUT2D eigenvalue weighted by molar-refractivity contribution is -0.132.